The molecular formula is C28H49N8O-. The largest absolute Gasteiger partial charge is 0.451 e. The van der Waals surface area contributed by atoms with E-state index in [-0.39, 0.29) is 11.5 Å². The normalized spacial score (nSPS) is 16.1. The summed E-state index contributed by atoms with van der Waals surface area (Å²) in [6, 6.07) is 0. The zero-order valence-electron chi connectivity index (χ0n) is 24.1. The summed E-state index contributed by atoms with van der Waals surface area (Å²) in [7, 11) is 3.99. The minimum absolute atomic E-state index is 0.0405. The highest BCUT2D eigenvalue weighted by molar-refractivity contribution is 5.77. The van der Waals surface area contributed by atoms with Crippen LogP contribution in [0.1, 0.15) is 82.9 Å². The van der Waals surface area contributed by atoms with Crippen LogP contribution in [0, 0.1) is 5.92 Å². The Morgan fingerprint density at radius 2 is 1.97 bits per heavy atom. The van der Waals surface area contributed by atoms with E-state index in [9.17, 15) is 4.79 Å². The van der Waals surface area contributed by atoms with Gasteiger partial charge in [-0.2, -0.15) is 5.53 Å². The van der Waals surface area contributed by atoms with Gasteiger partial charge < -0.3 is 15.0 Å². The Bertz CT molecular complexity index is 1140. The van der Waals surface area contributed by atoms with Crippen LogP contribution in [0.25, 0.3) is 16.9 Å². The Hall–Kier alpha value is -2.17. The van der Waals surface area contributed by atoms with Crippen molar-refractivity contribution in [2.45, 2.75) is 79.1 Å². The van der Waals surface area contributed by atoms with Crippen LogP contribution in [-0.2, 0) is 12.8 Å². The molecule has 5 N–H and O–H groups in total. The van der Waals surface area contributed by atoms with Crippen LogP contribution < -0.4 is 37.9 Å². The first-order chi connectivity index (χ1) is 17.8. The van der Waals surface area contributed by atoms with Crippen molar-refractivity contribution in [1.29, 1.82) is 0 Å². The lowest BCUT2D eigenvalue weighted by Crippen LogP contribution is -2.48. The maximum atomic E-state index is 14.5. The van der Waals surface area contributed by atoms with Crippen molar-refractivity contribution in [2.24, 2.45) is 11.8 Å². The molecule has 0 fully saturated rings. The number of hydrogen-bond donors (Lipinski definition) is 4. The Morgan fingerprint density at radius 3 is 2.59 bits per heavy atom. The summed E-state index contributed by atoms with van der Waals surface area (Å²) in [5.41, 5.74) is 11.4. The Morgan fingerprint density at radius 1 is 1.22 bits per heavy atom. The summed E-state index contributed by atoms with van der Waals surface area (Å²) in [4.78, 5) is 14.5. The molecule has 2 unspecified atom stereocenters. The molecule has 9 nitrogen and oxygen atoms in total. The first kappa shape index (κ1) is 29.4. The lowest BCUT2D eigenvalue weighted by Gasteiger charge is -2.31. The summed E-state index contributed by atoms with van der Waals surface area (Å²) in [5.74, 6) is 7.39. The number of hydrazine groups is 3. The van der Waals surface area contributed by atoms with Gasteiger partial charge in [-0.15, -0.1) is 0 Å². The molecule has 2 aromatic rings. The fourth-order valence-electron chi connectivity index (χ4n) is 5.49. The molecule has 9 heteroatoms. The fraction of sp³-hybridized carbons (Fsp3) is 0.679. The number of rotatable bonds is 13. The van der Waals surface area contributed by atoms with E-state index >= 15 is 0 Å². The minimum atomic E-state index is -0.0405. The van der Waals surface area contributed by atoms with Crippen LogP contribution in [-0.4, -0.2) is 49.8 Å². The predicted octanol–water partition coefficient (Wildman–Crippen LogP) is 3.06. The Kier molecular flexibility index (Phi) is 10.8. The van der Waals surface area contributed by atoms with Crippen molar-refractivity contribution in [1.82, 2.24) is 25.7 Å². The maximum absolute atomic E-state index is 14.5. The van der Waals surface area contributed by atoms with Crippen molar-refractivity contribution in [3.63, 3.8) is 0 Å². The summed E-state index contributed by atoms with van der Waals surface area (Å²) in [5, 5.41) is 13.2. The first-order valence-electron chi connectivity index (χ1n) is 14.1. The second-order valence-electron chi connectivity index (χ2n) is 10.5. The SMILES string of the molecule is CCCCCc1c2c(n3c(=O)c(N(CC)NN)c(C(C)C(C)CC)/c(=C/CNN(C)C)c13)[N-]CNCC2. The van der Waals surface area contributed by atoms with Gasteiger partial charge in [-0.1, -0.05) is 58.9 Å². The van der Waals surface area contributed by atoms with E-state index in [0.717, 1.165) is 60.8 Å². The van der Waals surface area contributed by atoms with Gasteiger partial charge in [0, 0.05) is 27.2 Å². The van der Waals surface area contributed by atoms with Gasteiger partial charge in [0.25, 0.3) is 0 Å². The standard InChI is InChI=1S/C28H49N8O/c1-8-11-12-13-21-22-14-16-30-18-31-27(22)36-25(21)23(15-17-32-34(6)7)24(20(5)19(4)9-2)26(28(36)37)35(10-3)33-29/h15,19-20,30,32-33H,8-14,16-18,29H2,1-7H3/q-1/b23-15-. The molecule has 3 rings (SSSR count). The highest BCUT2D eigenvalue weighted by Crippen LogP contribution is 2.37. The van der Waals surface area contributed by atoms with Gasteiger partial charge in [0.2, 0.25) is 0 Å². The number of fused-ring (bicyclic) bond motifs is 3. The van der Waals surface area contributed by atoms with Crippen molar-refractivity contribution >= 4 is 23.1 Å². The number of aromatic nitrogens is 1. The summed E-state index contributed by atoms with van der Waals surface area (Å²) in [6.07, 6.45) is 8.54. The third-order valence-corrected chi connectivity index (χ3v) is 7.89. The monoisotopic (exact) mass is 513 g/mol. The fourth-order valence-corrected chi connectivity index (χ4v) is 5.49. The zero-order valence-corrected chi connectivity index (χ0v) is 24.1. The topological polar surface area (TPSA) is 104 Å². The summed E-state index contributed by atoms with van der Waals surface area (Å²) in [6.45, 7) is 13.6. The highest BCUT2D eigenvalue weighted by atomic mass is 16.1. The molecule has 0 aliphatic carbocycles. The quantitative estimate of drug-likeness (QED) is 0.185. The molecule has 3 heterocycles. The van der Waals surface area contributed by atoms with Crippen molar-refractivity contribution in [2.75, 3.05) is 45.4 Å². The van der Waals surface area contributed by atoms with E-state index in [1.54, 1.807) is 5.01 Å². The van der Waals surface area contributed by atoms with Crippen LogP contribution in [0.4, 0.5) is 11.5 Å². The van der Waals surface area contributed by atoms with Gasteiger partial charge in [-0.05, 0) is 78.7 Å². The lowest BCUT2D eigenvalue weighted by molar-refractivity contribution is 0.310. The average Bonchev–Trinajstić information content (AvgIpc) is 3.01. The van der Waals surface area contributed by atoms with Crippen molar-refractivity contribution < 1.29 is 0 Å². The molecule has 208 valence electrons. The third-order valence-electron chi connectivity index (χ3n) is 7.89. The van der Waals surface area contributed by atoms with Gasteiger partial charge in [-0.25, -0.2) is 0 Å². The molecule has 1 aliphatic rings. The van der Waals surface area contributed by atoms with Gasteiger partial charge in [-0.3, -0.25) is 26.1 Å². The maximum Gasteiger partial charge on any atom is 0.200 e. The number of nitrogens with one attached hydrogen (secondary N) is 3. The van der Waals surface area contributed by atoms with Gasteiger partial charge in [0.15, 0.2) is 5.56 Å². The van der Waals surface area contributed by atoms with Crippen molar-refractivity contribution in [3.8, 4) is 0 Å². The Balaban J connectivity index is 2.53. The number of unbranched alkanes of at least 4 members (excludes halogenated alkanes) is 2. The summed E-state index contributed by atoms with van der Waals surface area (Å²) >= 11 is 0. The number of aryl methyl sites for hydroxylation is 1. The molecule has 0 saturated carbocycles. The van der Waals surface area contributed by atoms with E-state index in [1.165, 1.54) is 17.5 Å². The van der Waals surface area contributed by atoms with Gasteiger partial charge in [0.1, 0.15) is 5.69 Å². The second kappa shape index (κ2) is 13.6. The predicted molar refractivity (Wildman–Crippen MR) is 156 cm³/mol. The molecule has 0 spiro atoms. The molecule has 0 saturated heterocycles. The molecule has 1 aliphatic heterocycles. The van der Waals surface area contributed by atoms with Crippen LogP contribution in [0.5, 0.6) is 0 Å². The Labute approximate surface area is 222 Å². The van der Waals surface area contributed by atoms with Gasteiger partial charge >= 0.3 is 0 Å². The van der Waals surface area contributed by atoms with Crippen LogP contribution >= 0.6 is 0 Å². The second-order valence-corrected chi connectivity index (χ2v) is 10.5. The van der Waals surface area contributed by atoms with E-state index in [4.69, 9.17) is 11.2 Å². The molecule has 0 bridgehead atoms. The van der Waals surface area contributed by atoms with E-state index in [0.29, 0.717) is 31.4 Å². The van der Waals surface area contributed by atoms with Crippen LogP contribution in [0.15, 0.2) is 4.79 Å². The smallest absolute Gasteiger partial charge is 0.200 e. The number of anilines is 1. The number of hydrogen-bond acceptors (Lipinski definition) is 7. The van der Waals surface area contributed by atoms with Crippen LogP contribution in [0.3, 0.4) is 0 Å². The number of nitrogens with two attached hydrogens (primary N) is 1. The number of pyridine rings is 1. The molecule has 2 aromatic heterocycles. The number of nitrogens with zero attached hydrogens (tertiary/aromatic N) is 4. The molecular weight excluding hydrogens is 464 g/mol. The average molecular weight is 514 g/mol. The van der Waals surface area contributed by atoms with Crippen LogP contribution in [0.2, 0.25) is 0 Å². The zero-order chi connectivity index (χ0) is 27.1. The first-order valence-corrected chi connectivity index (χ1v) is 14.1. The lowest BCUT2D eigenvalue weighted by atomic mass is 9.84. The van der Waals surface area contributed by atoms with E-state index < -0.39 is 0 Å². The molecule has 37 heavy (non-hydrogen) atoms. The van der Waals surface area contributed by atoms with Gasteiger partial charge in [0.05, 0.1) is 0 Å². The molecule has 0 radical (unpaired) electrons. The molecule has 0 aromatic carbocycles. The minimum Gasteiger partial charge on any atom is -0.451 e. The summed E-state index contributed by atoms with van der Waals surface area (Å²) < 4.78 is 1.90. The highest BCUT2D eigenvalue weighted by Gasteiger charge is 2.26. The van der Waals surface area contributed by atoms with Crippen molar-refractivity contribution in [3.05, 3.63) is 37.6 Å². The molecule has 0 amide bonds. The van der Waals surface area contributed by atoms with E-state index in [2.05, 4.69) is 50.0 Å². The van der Waals surface area contributed by atoms with E-state index in [1.807, 2.05) is 30.4 Å². The molecule has 2 atom stereocenters. The third kappa shape index (κ3) is 6.12.